The summed E-state index contributed by atoms with van der Waals surface area (Å²) in [5, 5.41) is 3.95. The Morgan fingerprint density at radius 2 is 1.97 bits per heavy atom. The van der Waals surface area contributed by atoms with Gasteiger partial charge in [0, 0.05) is 10.4 Å². The third-order valence-corrected chi connectivity index (χ3v) is 7.03. The number of ether oxygens (including phenoxy) is 2. The van der Waals surface area contributed by atoms with Gasteiger partial charge < -0.3 is 19.2 Å². The van der Waals surface area contributed by atoms with Crippen LogP contribution < -0.4 is 14.8 Å². The first kappa shape index (κ1) is 20.2. The van der Waals surface area contributed by atoms with Gasteiger partial charge in [-0.15, -0.1) is 11.3 Å². The number of nitrogens with zero attached hydrogens (tertiary/aromatic N) is 1. The van der Waals surface area contributed by atoms with Crippen molar-refractivity contribution < 1.29 is 18.7 Å². The minimum absolute atomic E-state index is 0.0267. The average Bonchev–Trinajstić information content (AvgIpc) is 3.51. The van der Waals surface area contributed by atoms with Crippen LogP contribution in [-0.2, 0) is 0 Å². The normalized spacial score (nSPS) is 17.6. The number of thiophene rings is 1. The Balaban J connectivity index is 1.53. The molecule has 1 atom stereocenters. The second kappa shape index (κ2) is 8.40. The van der Waals surface area contributed by atoms with Gasteiger partial charge >= 0.3 is 0 Å². The zero-order valence-corrected chi connectivity index (χ0v) is 18.5. The molecule has 6 nitrogen and oxygen atoms in total. The number of piperidine rings is 1. The Bertz CT molecular complexity index is 1070. The lowest BCUT2D eigenvalue weighted by molar-refractivity contribution is 0.0996. The van der Waals surface area contributed by atoms with Crippen LogP contribution in [0.4, 0.5) is 5.00 Å². The number of furan rings is 1. The zero-order chi connectivity index (χ0) is 21.4. The van der Waals surface area contributed by atoms with Crippen LogP contribution in [0.1, 0.15) is 52.4 Å². The van der Waals surface area contributed by atoms with Crippen molar-refractivity contribution in [1.29, 1.82) is 0 Å². The Morgan fingerprint density at radius 3 is 2.74 bits per heavy atom. The number of hydrogen-bond acceptors (Lipinski definition) is 6. The standard InChI is InChI=1S/C24H26N2O4S/c1-15-7-9-26(10-8-15)22(17-5-6-19-21(13-17)30-14-29-19)18-12-16(2)31-24(18)25-23(27)20-4-3-11-28-20/h3-6,11-13,15,22H,7-10,14H2,1-2H3,(H,25,27)/t22-/m1/s1. The first-order valence-electron chi connectivity index (χ1n) is 10.7. The predicted octanol–water partition coefficient (Wildman–Crippen LogP) is 5.45. The summed E-state index contributed by atoms with van der Waals surface area (Å²) in [5.74, 6) is 2.37. The first-order chi connectivity index (χ1) is 15.1. The molecule has 0 unspecified atom stereocenters. The van der Waals surface area contributed by atoms with E-state index in [-0.39, 0.29) is 18.7 Å². The number of carbonyl (C=O) groups is 1. The summed E-state index contributed by atoms with van der Waals surface area (Å²) in [7, 11) is 0. The van der Waals surface area contributed by atoms with Gasteiger partial charge in [0.2, 0.25) is 6.79 Å². The smallest absolute Gasteiger partial charge is 0.291 e. The summed E-state index contributed by atoms with van der Waals surface area (Å²) in [6.45, 7) is 6.68. The second-order valence-electron chi connectivity index (χ2n) is 8.31. The molecule has 0 aliphatic carbocycles. The highest BCUT2D eigenvalue weighted by molar-refractivity contribution is 7.16. The van der Waals surface area contributed by atoms with Gasteiger partial charge in [-0.3, -0.25) is 9.69 Å². The molecule has 0 spiro atoms. The Hall–Kier alpha value is -2.77. The number of hydrogen-bond donors (Lipinski definition) is 1. The van der Waals surface area contributed by atoms with Crippen molar-refractivity contribution in [3.8, 4) is 11.5 Å². The molecule has 1 fully saturated rings. The Labute approximate surface area is 185 Å². The fourth-order valence-electron chi connectivity index (χ4n) is 4.36. The summed E-state index contributed by atoms with van der Waals surface area (Å²) in [5.41, 5.74) is 2.25. The van der Waals surface area contributed by atoms with E-state index >= 15 is 0 Å². The van der Waals surface area contributed by atoms with E-state index in [1.165, 1.54) is 6.26 Å². The third-order valence-electron chi connectivity index (χ3n) is 6.05. The Kier molecular flexibility index (Phi) is 5.46. The molecule has 4 heterocycles. The third kappa shape index (κ3) is 4.07. The second-order valence-corrected chi connectivity index (χ2v) is 9.56. The summed E-state index contributed by atoms with van der Waals surface area (Å²) in [6.07, 6.45) is 3.84. The molecule has 0 radical (unpaired) electrons. The number of likely N-dealkylation sites (tertiary alicyclic amines) is 1. The number of carbonyl (C=O) groups excluding carboxylic acids is 1. The molecule has 0 bridgehead atoms. The lowest BCUT2D eigenvalue weighted by Crippen LogP contribution is -2.37. The topological polar surface area (TPSA) is 63.9 Å². The van der Waals surface area contributed by atoms with Crippen molar-refractivity contribution in [2.75, 3.05) is 25.2 Å². The Morgan fingerprint density at radius 1 is 1.16 bits per heavy atom. The van der Waals surface area contributed by atoms with Crippen LogP contribution in [0, 0.1) is 12.8 Å². The van der Waals surface area contributed by atoms with E-state index in [1.807, 2.05) is 6.07 Å². The maximum absolute atomic E-state index is 12.7. The monoisotopic (exact) mass is 438 g/mol. The lowest BCUT2D eigenvalue weighted by Gasteiger charge is -2.37. The maximum Gasteiger partial charge on any atom is 0.291 e. The summed E-state index contributed by atoms with van der Waals surface area (Å²) >= 11 is 1.60. The molecule has 1 amide bonds. The molecule has 2 aromatic heterocycles. The number of rotatable bonds is 5. The number of nitrogens with one attached hydrogen (secondary N) is 1. The van der Waals surface area contributed by atoms with E-state index in [0.717, 1.165) is 64.4 Å². The highest BCUT2D eigenvalue weighted by Gasteiger charge is 2.31. The molecule has 1 aromatic carbocycles. The van der Waals surface area contributed by atoms with E-state index in [1.54, 1.807) is 23.5 Å². The van der Waals surface area contributed by atoms with Crippen LogP contribution in [-0.4, -0.2) is 30.7 Å². The minimum atomic E-state index is -0.232. The van der Waals surface area contributed by atoms with Gasteiger partial charge in [-0.2, -0.15) is 0 Å². The molecule has 1 saturated heterocycles. The van der Waals surface area contributed by atoms with Crippen LogP contribution in [0.2, 0.25) is 0 Å². The van der Waals surface area contributed by atoms with Crippen molar-refractivity contribution in [3.05, 3.63) is 64.4 Å². The fourth-order valence-corrected chi connectivity index (χ4v) is 5.30. The average molecular weight is 439 g/mol. The number of benzene rings is 1. The van der Waals surface area contributed by atoms with E-state index in [9.17, 15) is 4.79 Å². The lowest BCUT2D eigenvalue weighted by atomic mass is 9.92. The van der Waals surface area contributed by atoms with Gasteiger partial charge in [-0.1, -0.05) is 13.0 Å². The van der Waals surface area contributed by atoms with E-state index in [0.29, 0.717) is 5.76 Å². The number of fused-ring (bicyclic) bond motifs is 1. The van der Waals surface area contributed by atoms with Crippen LogP contribution in [0.15, 0.2) is 47.1 Å². The van der Waals surface area contributed by atoms with Crippen LogP contribution in [0.3, 0.4) is 0 Å². The van der Waals surface area contributed by atoms with Crippen molar-refractivity contribution in [1.82, 2.24) is 4.90 Å². The van der Waals surface area contributed by atoms with Crippen molar-refractivity contribution in [2.45, 2.75) is 32.7 Å². The van der Waals surface area contributed by atoms with E-state index < -0.39 is 0 Å². The molecule has 2 aliphatic rings. The quantitative estimate of drug-likeness (QED) is 0.574. The maximum atomic E-state index is 12.7. The van der Waals surface area contributed by atoms with Crippen LogP contribution >= 0.6 is 11.3 Å². The number of anilines is 1. The SMILES string of the molecule is Cc1cc([C@@H](c2ccc3c(c2)OCO3)N2CCC(C)CC2)c(NC(=O)c2ccco2)s1. The van der Waals surface area contributed by atoms with Crippen LogP contribution in [0.5, 0.6) is 11.5 Å². The molecule has 1 N–H and O–H groups in total. The predicted molar refractivity (Wildman–Crippen MR) is 120 cm³/mol. The largest absolute Gasteiger partial charge is 0.459 e. The van der Waals surface area contributed by atoms with Crippen molar-refractivity contribution >= 4 is 22.2 Å². The first-order valence-corrected chi connectivity index (χ1v) is 11.5. The summed E-state index contributed by atoms with van der Waals surface area (Å²) < 4.78 is 16.5. The molecule has 3 aromatic rings. The highest BCUT2D eigenvalue weighted by atomic mass is 32.1. The molecule has 7 heteroatoms. The van der Waals surface area contributed by atoms with Gasteiger partial charge in [0.1, 0.15) is 5.00 Å². The van der Waals surface area contributed by atoms with Gasteiger partial charge in [-0.25, -0.2) is 0 Å². The molecule has 162 valence electrons. The number of amides is 1. The van der Waals surface area contributed by atoms with Gasteiger partial charge in [0.25, 0.3) is 5.91 Å². The molecular formula is C24H26N2O4S. The van der Waals surface area contributed by atoms with Crippen molar-refractivity contribution in [2.24, 2.45) is 5.92 Å². The minimum Gasteiger partial charge on any atom is -0.459 e. The van der Waals surface area contributed by atoms with Crippen LogP contribution in [0.25, 0.3) is 0 Å². The van der Waals surface area contributed by atoms with Crippen molar-refractivity contribution in [3.63, 3.8) is 0 Å². The molecule has 0 saturated carbocycles. The summed E-state index contributed by atoms with van der Waals surface area (Å²) in [4.78, 5) is 16.4. The zero-order valence-electron chi connectivity index (χ0n) is 17.7. The van der Waals surface area contributed by atoms with E-state index in [4.69, 9.17) is 13.9 Å². The van der Waals surface area contributed by atoms with E-state index in [2.05, 4.69) is 42.3 Å². The van der Waals surface area contributed by atoms with Gasteiger partial charge in [0.05, 0.1) is 12.3 Å². The number of aryl methyl sites for hydroxylation is 1. The molecule has 5 rings (SSSR count). The molecule has 2 aliphatic heterocycles. The highest BCUT2D eigenvalue weighted by Crippen LogP contribution is 2.43. The van der Waals surface area contributed by atoms with Gasteiger partial charge in [-0.05, 0) is 74.7 Å². The summed E-state index contributed by atoms with van der Waals surface area (Å²) in [6, 6.07) is 11.8. The van der Waals surface area contributed by atoms with Gasteiger partial charge in [0.15, 0.2) is 17.3 Å². The fraction of sp³-hybridized carbons (Fsp3) is 0.375. The molecular weight excluding hydrogens is 412 g/mol. The molecule has 31 heavy (non-hydrogen) atoms.